The van der Waals surface area contributed by atoms with Gasteiger partial charge in [0.25, 0.3) is 5.91 Å². The van der Waals surface area contributed by atoms with E-state index in [2.05, 4.69) is 49.6 Å². The molecule has 5 heteroatoms. The lowest BCUT2D eigenvalue weighted by molar-refractivity contribution is -0.136. The van der Waals surface area contributed by atoms with Crippen LogP contribution in [0.2, 0.25) is 0 Å². The second-order valence-electron chi connectivity index (χ2n) is 9.17. The molecule has 0 saturated heterocycles. The van der Waals surface area contributed by atoms with Crippen molar-refractivity contribution < 1.29 is 14.3 Å². The number of amides is 1. The fourth-order valence-electron chi connectivity index (χ4n) is 5.14. The molecule has 2 heterocycles. The fourth-order valence-corrected chi connectivity index (χ4v) is 5.14. The van der Waals surface area contributed by atoms with Gasteiger partial charge in [-0.2, -0.15) is 0 Å². The minimum Gasteiger partial charge on any atom is -0.465 e. The van der Waals surface area contributed by atoms with E-state index in [1.54, 1.807) is 4.90 Å². The number of para-hydroxylation sites is 1. The van der Waals surface area contributed by atoms with Gasteiger partial charge >= 0.3 is 5.97 Å². The van der Waals surface area contributed by atoms with Gasteiger partial charge in [-0.1, -0.05) is 48.5 Å². The van der Waals surface area contributed by atoms with E-state index in [-0.39, 0.29) is 11.9 Å². The van der Waals surface area contributed by atoms with Crippen molar-refractivity contribution in [1.82, 2.24) is 9.47 Å². The molecular formula is C30H32N2O3. The molecule has 0 spiro atoms. The summed E-state index contributed by atoms with van der Waals surface area (Å²) < 4.78 is 7.31. The highest BCUT2D eigenvalue weighted by molar-refractivity contribution is 6.16. The summed E-state index contributed by atoms with van der Waals surface area (Å²) in [7, 11) is 1.35. The van der Waals surface area contributed by atoms with Gasteiger partial charge in [0.05, 0.1) is 30.0 Å². The quantitative estimate of drug-likeness (QED) is 0.334. The van der Waals surface area contributed by atoms with Gasteiger partial charge in [-0.05, 0) is 75.9 Å². The molecule has 1 aromatic heterocycles. The van der Waals surface area contributed by atoms with Crippen molar-refractivity contribution in [3.8, 4) is 5.69 Å². The van der Waals surface area contributed by atoms with Gasteiger partial charge in [-0.3, -0.25) is 4.79 Å². The summed E-state index contributed by atoms with van der Waals surface area (Å²) in [4.78, 5) is 28.3. The maximum Gasteiger partial charge on any atom is 0.340 e. The first-order valence-electron chi connectivity index (χ1n) is 11.8. The van der Waals surface area contributed by atoms with Gasteiger partial charge in [0.1, 0.15) is 0 Å². The zero-order chi connectivity index (χ0) is 25.4. The molecule has 1 amide bonds. The van der Waals surface area contributed by atoms with Gasteiger partial charge in [-0.25, -0.2) is 4.79 Å². The summed E-state index contributed by atoms with van der Waals surface area (Å²) >= 11 is 0. The van der Waals surface area contributed by atoms with Crippen molar-refractivity contribution in [2.75, 3.05) is 7.11 Å². The number of carbonyl (C=O) groups is 2. The van der Waals surface area contributed by atoms with Crippen LogP contribution in [0, 0.1) is 27.7 Å². The third-order valence-corrected chi connectivity index (χ3v) is 6.93. The Bertz CT molecular complexity index is 1360. The predicted octanol–water partition coefficient (Wildman–Crippen LogP) is 6.14. The van der Waals surface area contributed by atoms with Crippen molar-refractivity contribution in [2.45, 2.75) is 47.6 Å². The molecule has 1 aliphatic heterocycles. The number of hydrogen-bond acceptors (Lipinski definition) is 3. The summed E-state index contributed by atoms with van der Waals surface area (Å²) in [6, 6.07) is 17.9. The molecule has 1 atom stereocenters. The summed E-state index contributed by atoms with van der Waals surface area (Å²) in [5.41, 5.74) is 8.75. The number of hydrogen-bond donors (Lipinski definition) is 0. The van der Waals surface area contributed by atoms with Crippen molar-refractivity contribution in [1.29, 1.82) is 0 Å². The Morgan fingerprint density at radius 1 is 0.943 bits per heavy atom. The molecule has 0 unspecified atom stereocenters. The molecule has 1 aliphatic rings. The maximum atomic E-state index is 13.7. The Balaban J connectivity index is 1.85. The first-order chi connectivity index (χ1) is 16.7. The van der Waals surface area contributed by atoms with E-state index in [0.717, 1.165) is 28.2 Å². The van der Waals surface area contributed by atoms with Crippen molar-refractivity contribution in [3.63, 3.8) is 0 Å². The number of aromatic nitrogens is 1. The molecule has 5 nitrogen and oxygen atoms in total. The van der Waals surface area contributed by atoms with Gasteiger partial charge in [0.15, 0.2) is 0 Å². The Morgan fingerprint density at radius 2 is 1.57 bits per heavy atom. The Labute approximate surface area is 207 Å². The van der Waals surface area contributed by atoms with Crippen LogP contribution in [-0.4, -0.2) is 28.5 Å². The van der Waals surface area contributed by atoms with Crippen LogP contribution < -0.4 is 0 Å². The minimum absolute atomic E-state index is 0.198. The van der Waals surface area contributed by atoms with Gasteiger partial charge in [-0.15, -0.1) is 0 Å². The van der Waals surface area contributed by atoms with Crippen molar-refractivity contribution in [3.05, 3.63) is 105 Å². The van der Waals surface area contributed by atoms with E-state index in [0.29, 0.717) is 16.8 Å². The highest BCUT2D eigenvalue weighted by Gasteiger charge is 2.39. The summed E-state index contributed by atoms with van der Waals surface area (Å²) in [5, 5.41) is 0. The Kier molecular flexibility index (Phi) is 6.53. The summed E-state index contributed by atoms with van der Waals surface area (Å²) in [6.07, 6.45) is 1.84. The number of aryl methyl sites for hydroxylation is 3. The number of methoxy groups -OCH3 is 1. The highest BCUT2D eigenvalue weighted by atomic mass is 16.5. The molecule has 35 heavy (non-hydrogen) atoms. The predicted molar refractivity (Wildman–Crippen MR) is 139 cm³/mol. The van der Waals surface area contributed by atoms with Gasteiger partial charge in [0, 0.05) is 17.1 Å². The molecule has 4 rings (SSSR count). The van der Waals surface area contributed by atoms with Crippen LogP contribution >= 0.6 is 0 Å². The number of rotatable bonds is 5. The van der Waals surface area contributed by atoms with E-state index in [9.17, 15) is 9.59 Å². The summed E-state index contributed by atoms with van der Waals surface area (Å²) in [5.74, 6) is -0.704. The number of carbonyl (C=O) groups excluding carboxylic acids is 2. The topological polar surface area (TPSA) is 51.5 Å². The molecule has 2 aromatic carbocycles. The smallest absolute Gasteiger partial charge is 0.340 e. The average Bonchev–Trinajstić information content (AvgIpc) is 3.25. The Morgan fingerprint density at radius 3 is 2.17 bits per heavy atom. The van der Waals surface area contributed by atoms with Gasteiger partial charge < -0.3 is 14.2 Å². The largest absolute Gasteiger partial charge is 0.465 e. The zero-order valence-electron chi connectivity index (χ0n) is 21.5. The first-order valence-corrected chi connectivity index (χ1v) is 11.8. The second-order valence-corrected chi connectivity index (χ2v) is 9.17. The lowest BCUT2D eigenvalue weighted by Crippen LogP contribution is -2.28. The Hall–Kier alpha value is -3.86. The molecule has 0 saturated carbocycles. The van der Waals surface area contributed by atoms with E-state index in [1.165, 1.54) is 18.2 Å². The SMILES string of the molecule is COC(=O)C1=C(C)N([C@@H](C)c2ccccc2)C(=O)/C1=C\c1cc(C)n(-c2c(C)cccc2C)c1C. The first kappa shape index (κ1) is 24.3. The van der Waals surface area contributed by atoms with Crippen molar-refractivity contribution >= 4 is 18.0 Å². The third kappa shape index (κ3) is 4.12. The van der Waals surface area contributed by atoms with E-state index in [1.807, 2.05) is 57.2 Å². The summed E-state index contributed by atoms with van der Waals surface area (Å²) in [6.45, 7) is 12.1. The molecule has 3 aromatic rings. The number of nitrogens with zero attached hydrogens (tertiary/aromatic N) is 2. The lowest BCUT2D eigenvalue weighted by Gasteiger charge is -2.26. The van der Waals surface area contributed by atoms with Crippen molar-refractivity contribution in [2.24, 2.45) is 0 Å². The molecule has 180 valence electrons. The number of benzene rings is 2. The van der Waals surface area contributed by atoms with E-state index < -0.39 is 5.97 Å². The molecule has 0 radical (unpaired) electrons. The van der Waals surface area contributed by atoms with E-state index in [4.69, 9.17) is 4.74 Å². The van der Waals surface area contributed by atoms with Crippen LogP contribution in [-0.2, 0) is 14.3 Å². The van der Waals surface area contributed by atoms with Crippen LogP contribution in [0.5, 0.6) is 0 Å². The van der Waals surface area contributed by atoms with Crippen LogP contribution in [0.4, 0.5) is 0 Å². The standard InChI is InChI=1S/C30H32N2O3/c1-18-12-11-13-19(2)28(18)31-20(3)16-25(22(31)5)17-26-27(30(34)35-7)23(6)32(29(26)33)21(4)24-14-9-8-10-15-24/h8-17,21H,1-7H3/b26-17-/t21-/m0/s1. The number of esters is 1. The number of allylic oxidation sites excluding steroid dienone is 1. The molecule has 0 bridgehead atoms. The highest BCUT2D eigenvalue weighted by Crippen LogP contribution is 2.38. The van der Waals surface area contributed by atoms with Crippen LogP contribution in [0.25, 0.3) is 11.8 Å². The lowest BCUT2D eigenvalue weighted by atomic mass is 10.0. The minimum atomic E-state index is -0.506. The number of ether oxygens (including phenoxy) is 1. The molecule has 0 N–H and O–H groups in total. The monoisotopic (exact) mass is 468 g/mol. The normalized spacial score (nSPS) is 15.8. The maximum absolute atomic E-state index is 13.7. The molecular weight excluding hydrogens is 436 g/mol. The van der Waals surface area contributed by atoms with Crippen LogP contribution in [0.3, 0.4) is 0 Å². The fraction of sp³-hybridized carbons (Fsp3) is 0.267. The average molecular weight is 469 g/mol. The molecule has 0 fully saturated rings. The molecule has 0 aliphatic carbocycles. The second kappa shape index (κ2) is 9.41. The third-order valence-electron chi connectivity index (χ3n) is 6.93. The van der Waals surface area contributed by atoms with Crippen LogP contribution in [0.15, 0.2) is 71.4 Å². The van der Waals surface area contributed by atoms with Gasteiger partial charge in [0.2, 0.25) is 0 Å². The zero-order valence-corrected chi connectivity index (χ0v) is 21.5. The van der Waals surface area contributed by atoms with E-state index >= 15 is 0 Å². The van der Waals surface area contributed by atoms with Crippen LogP contribution in [0.1, 0.15) is 53.5 Å².